The zero-order chi connectivity index (χ0) is 16.3. The lowest BCUT2D eigenvalue weighted by atomic mass is 10.1. The molecule has 116 valence electrons. The summed E-state index contributed by atoms with van der Waals surface area (Å²) in [5.74, 6) is -0.258. The van der Waals surface area contributed by atoms with Crippen LogP contribution in [-0.4, -0.2) is 28.1 Å². The normalized spacial score (nSPS) is 11.7. The van der Waals surface area contributed by atoms with Gasteiger partial charge >= 0.3 is 6.09 Å². The number of carbonyl (C=O) groups excluding carboxylic acids is 2. The maximum absolute atomic E-state index is 11.9. The van der Waals surface area contributed by atoms with Gasteiger partial charge in [0, 0.05) is 5.54 Å². The molecule has 0 saturated carbocycles. The summed E-state index contributed by atoms with van der Waals surface area (Å²) in [6.45, 7) is 11.0. The fourth-order valence-corrected chi connectivity index (χ4v) is 1.43. The van der Waals surface area contributed by atoms with Crippen LogP contribution < -0.4 is 10.6 Å². The van der Waals surface area contributed by atoms with Gasteiger partial charge in [-0.15, -0.1) is 0 Å². The van der Waals surface area contributed by atoms with Gasteiger partial charge in [0.25, 0.3) is 5.91 Å². The summed E-state index contributed by atoms with van der Waals surface area (Å²) >= 11 is 0. The van der Waals surface area contributed by atoms with E-state index in [0.717, 1.165) is 0 Å². The molecule has 1 rings (SSSR count). The number of nitrogens with one attached hydrogen (secondary N) is 2. The van der Waals surface area contributed by atoms with E-state index in [1.54, 1.807) is 32.9 Å². The van der Waals surface area contributed by atoms with Crippen LogP contribution in [0.1, 0.15) is 52.0 Å². The predicted molar refractivity (Wildman–Crippen MR) is 81.3 cm³/mol. The van der Waals surface area contributed by atoms with Gasteiger partial charge in [-0.05, 0) is 53.7 Å². The Kier molecular flexibility index (Phi) is 4.93. The standard InChI is InChI=1S/C15H23N3O3/c1-14(2,3)18-12(19)11-8-7-10(9-16-11)17-13(20)21-15(4,5)6/h7-9H,1-6H3,(H,17,20)(H,18,19). The topological polar surface area (TPSA) is 80.3 Å². The molecule has 0 unspecified atom stereocenters. The van der Waals surface area contributed by atoms with Crippen molar-refractivity contribution in [1.29, 1.82) is 0 Å². The molecule has 21 heavy (non-hydrogen) atoms. The molecule has 0 spiro atoms. The Morgan fingerprint density at radius 3 is 2.14 bits per heavy atom. The molecule has 1 aromatic heterocycles. The van der Waals surface area contributed by atoms with Gasteiger partial charge in [-0.2, -0.15) is 0 Å². The molecule has 2 amide bonds. The monoisotopic (exact) mass is 293 g/mol. The first-order chi connectivity index (χ1) is 9.46. The van der Waals surface area contributed by atoms with Crippen molar-refractivity contribution in [3.63, 3.8) is 0 Å². The van der Waals surface area contributed by atoms with E-state index in [4.69, 9.17) is 4.74 Å². The van der Waals surface area contributed by atoms with Crippen LogP contribution >= 0.6 is 0 Å². The smallest absolute Gasteiger partial charge is 0.412 e. The highest BCUT2D eigenvalue weighted by atomic mass is 16.6. The molecule has 1 aromatic rings. The number of hydrogen-bond donors (Lipinski definition) is 2. The lowest BCUT2D eigenvalue weighted by molar-refractivity contribution is 0.0635. The highest BCUT2D eigenvalue weighted by Gasteiger charge is 2.18. The van der Waals surface area contributed by atoms with Gasteiger partial charge in [0.05, 0.1) is 11.9 Å². The number of aromatic nitrogens is 1. The summed E-state index contributed by atoms with van der Waals surface area (Å²) in [5.41, 5.74) is -0.132. The van der Waals surface area contributed by atoms with Crippen molar-refractivity contribution in [2.24, 2.45) is 0 Å². The first kappa shape index (κ1) is 16.9. The number of ether oxygens (including phenoxy) is 1. The number of rotatable bonds is 2. The molecule has 0 aliphatic rings. The van der Waals surface area contributed by atoms with Gasteiger partial charge < -0.3 is 10.1 Å². The summed E-state index contributed by atoms with van der Waals surface area (Å²) in [4.78, 5) is 27.5. The highest BCUT2D eigenvalue weighted by molar-refractivity contribution is 5.93. The fourth-order valence-electron chi connectivity index (χ4n) is 1.43. The van der Waals surface area contributed by atoms with Crippen LogP contribution in [0.25, 0.3) is 0 Å². The summed E-state index contributed by atoms with van der Waals surface area (Å²) in [6, 6.07) is 3.16. The van der Waals surface area contributed by atoms with E-state index in [0.29, 0.717) is 11.4 Å². The second-order valence-corrected chi connectivity index (χ2v) is 6.76. The third-order valence-electron chi connectivity index (χ3n) is 2.13. The summed E-state index contributed by atoms with van der Waals surface area (Å²) in [6.07, 6.45) is 0.859. The van der Waals surface area contributed by atoms with E-state index in [9.17, 15) is 9.59 Å². The number of anilines is 1. The Morgan fingerprint density at radius 1 is 1.10 bits per heavy atom. The van der Waals surface area contributed by atoms with Gasteiger partial charge in [0.2, 0.25) is 0 Å². The molecule has 6 nitrogen and oxygen atoms in total. The van der Waals surface area contributed by atoms with Gasteiger partial charge in [0.15, 0.2) is 0 Å². The van der Waals surface area contributed by atoms with Crippen LogP contribution in [0.4, 0.5) is 10.5 Å². The average molecular weight is 293 g/mol. The van der Waals surface area contributed by atoms with Gasteiger partial charge in [-0.25, -0.2) is 9.78 Å². The Labute approximate surface area is 125 Å². The van der Waals surface area contributed by atoms with Crippen LogP contribution in [0, 0.1) is 0 Å². The molecule has 0 bridgehead atoms. The third-order valence-corrected chi connectivity index (χ3v) is 2.13. The van der Waals surface area contributed by atoms with Crippen molar-refractivity contribution < 1.29 is 14.3 Å². The third kappa shape index (κ3) is 6.74. The Hall–Kier alpha value is -2.11. The van der Waals surface area contributed by atoms with E-state index in [-0.39, 0.29) is 11.4 Å². The minimum Gasteiger partial charge on any atom is -0.444 e. The number of hydrogen-bond acceptors (Lipinski definition) is 4. The van der Waals surface area contributed by atoms with Crippen LogP contribution in [0.3, 0.4) is 0 Å². The van der Waals surface area contributed by atoms with E-state index in [1.165, 1.54) is 6.20 Å². The molecule has 1 heterocycles. The van der Waals surface area contributed by atoms with E-state index < -0.39 is 11.7 Å². The van der Waals surface area contributed by atoms with E-state index in [1.807, 2.05) is 20.8 Å². The Morgan fingerprint density at radius 2 is 1.71 bits per heavy atom. The van der Waals surface area contributed by atoms with Crippen molar-refractivity contribution in [1.82, 2.24) is 10.3 Å². The zero-order valence-electron chi connectivity index (χ0n) is 13.4. The highest BCUT2D eigenvalue weighted by Crippen LogP contribution is 2.11. The van der Waals surface area contributed by atoms with Crippen LogP contribution in [0.2, 0.25) is 0 Å². The molecule has 0 aromatic carbocycles. The van der Waals surface area contributed by atoms with Crippen LogP contribution in [0.5, 0.6) is 0 Å². The molecule has 0 aliphatic heterocycles. The van der Waals surface area contributed by atoms with Gasteiger partial charge in [-0.3, -0.25) is 10.1 Å². The maximum atomic E-state index is 11.9. The number of pyridine rings is 1. The van der Waals surface area contributed by atoms with Crippen LogP contribution in [-0.2, 0) is 4.74 Å². The number of nitrogens with zero attached hydrogens (tertiary/aromatic N) is 1. The van der Waals surface area contributed by atoms with Gasteiger partial charge in [-0.1, -0.05) is 0 Å². The molecule has 0 saturated heterocycles. The molecular formula is C15H23N3O3. The SMILES string of the molecule is CC(C)(C)NC(=O)c1ccc(NC(=O)OC(C)(C)C)cn1. The largest absolute Gasteiger partial charge is 0.444 e. The zero-order valence-corrected chi connectivity index (χ0v) is 13.4. The Bertz CT molecular complexity index is 510. The molecule has 0 atom stereocenters. The summed E-state index contributed by atoms with van der Waals surface area (Å²) < 4.78 is 5.13. The minimum absolute atomic E-state index is 0.258. The molecule has 2 N–H and O–H groups in total. The first-order valence-corrected chi connectivity index (χ1v) is 6.75. The average Bonchev–Trinajstić information content (AvgIpc) is 2.24. The second-order valence-electron chi connectivity index (χ2n) is 6.76. The van der Waals surface area contributed by atoms with Crippen LogP contribution in [0.15, 0.2) is 18.3 Å². The van der Waals surface area contributed by atoms with Crippen molar-refractivity contribution in [3.8, 4) is 0 Å². The summed E-state index contributed by atoms with van der Waals surface area (Å²) in [5, 5.41) is 5.37. The van der Waals surface area contributed by atoms with E-state index >= 15 is 0 Å². The van der Waals surface area contributed by atoms with Crippen molar-refractivity contribution >= 4 is 17.7 Å². The second kappa shape index (κ2) is 6.11. The lowest BCUT2D eigenvalue weighted by Gasteiger charge is -2.20. The quantitative estimate of drug-likeness (QED) is 0.878. The van der Waals surface area contributed by atoms with Gasteiger partial charge in [0.1, 0.15) is 11.3 Å². The Balaban J connectivity index is 2.66. The number of carbonyl (C=O) groups is 2. The maximum Gasteiger partial charge on any atom is 0.412 e. The van der Waals surface area contributed by atoms with Crippen molar-refractivity contribution in [3.05, 3.63) is 24.0 Å². The minimum atomic E-state index is -0.565. The first-order valence-electron chi connectivity index (χ1n) is 6.75. The molecular weight excluding hydrogens is 270 g/mol. The number of amides is 2. The predicted octanol–water partition coefficient (Wildman–Crippen LogP) is 2.96. The molecule has 0 radical (unpaired) electrons. The van der Waals surface area contributed by atoms with Crippen molar-refractivity contribution in [2.45, 2.75) is 52.7 Å². The van der Waals surface area contributed by atoms with E-state index in [2.05, 4.69) is 15.6 Å². The summed E-state index contributed by atoms with van der Waals surface area (Å²) in [7, 11) is 0. The van der Waals surface area contributed by atoms with Crippen molar-refractivity contribution in [2.75, 3.05) is 5.32 Å². The lowest BCUT2D eigenvalue weighted by Crippen LogP contribution is -2.40. The molecule has 0 fully saturated rings. The molecule has 6 heteroatoms. The fraction of sp³-hybridized carbons (Fsp3) is 0.533. The molecule has 0 aliphatic carbocycles.